The average molecular weight is 455 g/mol. The largest absolute Gasteiger partial charge is 0.444 e. The lowest BCUT2D eigenvalue weighted by Gasteiger charge is -2.38. The van der Waals surface area contributed by atoms with Gasteiger partial charge < -0.3 is 9.64 Å². The van der Waals surface area contributed by atoms with E-state index in [2.05, 4.69) is 5.10 Å². The summed E-state index contributed by atoms with van der Waals surface area (Å²) in [5, 5.41) is 4.48. The van der Waals surface area contributed by atoms with Crippen molar-refractivity contribution in [2.75, 3.05) is 12.8 Å². The molecule has 0 saturated carbocycles. The highest BCUT2D eigenvalue weighted by Crippen LogP contribution is 2.32. The maximum absolute atomic E-state index is 12.5. The predicted octanol–water partition coefficient (Wildman–Crippen LogP) is 2.01. The van der Waals surface area contributed by atoms with Gasteiger partial charge in [0.15, 0.2) is 0 Å². The van der Waals surface area contributed by atoms with E-state index in [1.165, 1.54) is 4.57 Å². The highest BCUT2D eigenvalue weighted by molar-refractivity contribution is 7.85. The summed E-state index contributed by atoms with van der Waals surface area (Å²) in [4.78, 5) is 26.8. The smallest absolute Gasteiger partial charge is 0.410 e. The number of nitrogens with zero attached hydrogens (tertiary/aromatic N) is 4. The van der Waals surface area contributed by atoms with Gasteiger partial charge in [-0.2, -0.15) is 13.5 Å². The van der Waals surface area contributed by atoms with Crippen LogP contribution in [0.15, 0.2) is 16.9 Å². The van der Waals surface area contributed by atoms with E-state index in [1.54, 1.807) is 28.6 Å². The third-order valence-electron chi connectivity index (χ3n) is 5.27. The molecule has 1 fully saturated rings. The first-order valence-corrected chi connectivity index (χ1v) is 12.0. The van der Waals surface area contributed by atoms with Crippen LogP contribution >= 0.6 is 0 Å². The number of piperidine rings is 1. The molecule has 1 unspecified atom stereocenters. The molecular weight excluding hydrogens is 424 g/mol. The predicted molar refractivity (Wildman–Crippen MR) is 114 cm³/mol. The van der Waals surface area contributed by atoms with Crippen LogP contribution in [0.2, 0.25) is 0 Å². The minimum absolute atomic E-state index is 0.00802. The highest BCUT2D eigenvalue weighted by Gasteiger charge is 2.33. The Morgan fingerprint density at radius 2 is 1.97 bits per heavy atom. The summed E-state index contributed by atoms with van der Waals surface area (Å²) in [5.74, 6) is 0.00802. The van der Waals surface area contributed by atoms with E-state index < -0.39 is 15.7 Å². The number of fused-ring (bicyclic) bond motifs is 1. The number of carbonyl (C=O) groups excluding carboxylic acids is 1. The van der Waals surface area contributed by atoms with Gasteiger partial charge in [0.2, 0.25) is 0 Å². The van der Waals surface area contributed by atoms with Crippen molar-refractivity contribution in [2.45, 2.75) is 64.7 Å². The van der Waals surface area contributed by atoms with Crippen molar-refractivity contribution in [1.29, 1.82) is 0 Å². The second-order valence-corrected chi connectivity index (χ2v) is 10.7. The second kappa shape index (κ2) is 8.27. The Kier molecular flexibility index (Phi) is 6.21. The minimum Gasteiger partial charge on any atom is -0.444 e. The van der Waals surface area contributed by atoms with E-state index >= 15 is 0 Å². The number of rotatable bonds is 4. The molecule has 2 aromatic heterocycles. The Bertz CT molecular complexity index is 1140. The fourth-order valence-corrected chi connectivity index (χ4v) is 4.14. The van der Waals surface area contributed by atoms with Crippen molar-refractivity contribution in [2.24, 2.45) is 7.05 Å². The number of amides is 1. The van der Waals surface area contributed by atoms with E-state index in [-0.39, 0.29) is 30.2 Å². The molecule has 10 nitrogen and oxygen atoms in total. The van der Waals surface area contributed by atoms with Gasteiger partial charge in [0.25, 0.3) is 15.7 Å². The van der Waals surface area contributed by atoms with Crippen LogP contribution < -0.4 is 5.56 Å². The van der Waals surface area contributed by atoms with Gasteiger partial charge in [-0.15, -0.1) is 0 Å². The summed E-state index contributed by atoms with van der Waals surface area (Å²) < 4.78 is 36.1. The number of ether oxygens (including phenoxy) is 1. The van der Waals surface area contributed by atoms with Crippen LogP contribution in [0.4, 0.5) is 4.79 Å². The Morgan fingerprint density at radius 1 is 1.29 bits per heavy atom. The van der Waals surface area contributed by atoms with Gasteiger partial charge in [0.1, 0.15) is 17.9 Å². The van der Waals surface area contributed by atoms with Crippen LogP contribution in [0, 0.1) is 0 Å². The van der Waals surface area contributed by atoms with Crippen molar-refractivity contribution in [3.05, 3.63) is 33.9 Å². The first-order valence-electron chi connectivity index (χ1n) is 10.2. The fourth-order valence-electron chi connectivity index (χ4n) is 3.81. The van der Waals surface area contributed by atoms with E-state index in [0.717, 1.165) is 11.9 Å². The van der Waals surface area contributed by atoms with Gasteiger partial charge in [-0.3, -0.25) is 13.5 Å². The van der Waals surface area contributed by atoms with Crippen molar-refractivity contribution >= 4 is 21.9 Å². The van der Waals surface area contributed by atoms with Gasteiger partial charge in [0, 0.05) is 37.7 Å². The highest BCUT2D eigenvalue weighted by atomic mass is 32.2. The molecule has 0 radical (unpaired) electrons. The van der Waals surface area contributed by atoms with Gasteiger partial charge in [-0.25, -0.2) is 9.31 Å². The molecule has 0 bridgehead atoms. The topological polar surface area (TPSA) is 112 Å². The normalized spacial score (nSPS) is 20.3. The monoisotopic (exact) mass is 454 g/mol. The molecule has 0 aromatic carbocycles. The van der Waals surface area contributed by atoms with Gasteiger partial charge in [-0.1, -0.05) is 0 Å². The molecule has 2 aromatic rings. The average Bonchev–Trinajstić information content (AvgIpc) is 3.05. The zero-order chi connectivity index (χ0) is 23.1. The molecular formula is C20H30N4O6S. The molecule has 1 amide bonds. The molecule has 11 heteroatoms. The lowest BCUT2D eigenvalue weighted by atomic mass is 9.89. The molecule has 1 aliphatic heterocycles. The third kappa shape index (κ3) is 5.45. The van der Waals surface area contributed by atoms with E-state index in [4.69, 9.17) is 8.92 Å². The van der Waals surface area contributed by atoms with Crippen molar-refractivity contribution in [3.63, 3.8) is 0 Å². The fraction of sp³-hybridized carbons (Fsp3) is 0.650. The van der Waals surface area contributed by atoms with Crippen LogP contribution in [0.1, 0.15) is 57.8 Å². The molecule has 0 N–H and O–H groups in total. The Balaban J connectivity index is 1.87. The van der Waals surface area contributed by atoms with Gasteiger partial charge in [-0.05, 0) is 40.5 Å². The standard InChI is InChI=1S/C20H30N4O6S/c1-13-9-14(7-8-23(13)19(26)30-20(2,3)4)16-11-18(25)22(5)17-10-15(21-24(16)17)12-29-31(6,27)28/h10-11,13-14H,7-9,12H2,1-6H3/t13-,14?/m1/s1. The van der Waals surface area contributed by atoms with Crippen LogP contribution in [0.25, 0.3) is 5.65 Å². The Morgan fingerprint density at radius 3 is 2.55 bits per heavy atom. The molecule has 2 atom stereocenters. The first-order chi connectivity index (χ1) is 14.2. The maximum Gasteiger partial charge on any atom is 0.410 e. The molecule has 3 heterocycles. The number of hydrogen-bond donors (Lipinski definition) is 0. The molecule has 31 heavy (non-hydrogen) atoms. The quantitative estimate of drug-likeness (QED) is 0.650. The van der Waals surface area contributed by atoms with E-state index in [1.807, 2.05) is 27.7 Å². The summed E-state index contributed by atoms with van der Waals surface area (Å²) in [5.41, 5.74) is 0.953. The van der Waals surface area contributed by atoms with Gasteiger partial charge >= 0.3 is 6.09 Å². The van der Waals surface area contributed by atoms with Crippen molar-refractivity contribution in [1.82, 2.24) is 19.1 Å². The molecule has 0 spiro atoms. The van der Waals surface area contributed by atoms with E-state index in [0.29, 0.717) is 30.7 Å². The number of aromatic nitrogens is 3. The summed E-state index contributed by atoms with van der Waals surface area (Å²) in [7, 11) is -1.97. The zero-order valence-electron chi connectivity index (χ0n) is 18.8. The number of hydrogen-bond acceptors (Lipinski definition) is 7. The maximum atomic E-state index is 12.5. The number of likely N-dealkylation sites (tertiary alicyclic amines) is 1. The Hall–Kier alpha value is -2.40. The van der Waals surface area contributed by atoms with Crippen molar-refractivity contribution < 1.29 is 22.1 Å². The van der Waals surface area contributed by atoms with Gasteiger partial charge in [0.05, 0.1) is 17.6 Å². The summed E-state index contributed by atoms with van der Waals surface area (Å²) in [6, 6.07) is 3.13. The number of carbonyl (C=O) groups is 1. The number of aryl methyl sites for hydroxylation is 1. The lowest BCUT2D eigenvalue weighted by molar-refractivity contribution is 0.0102. The SMILES string of the molecule is C[C@@H]1CC(c2cc(=O)n(C)c3cc(COS(C)(=O)=O)nn23)CCN1C(=O)OC(C)(C)C. The summed E-state index contributed by atoms with van der Waals surface area (Å²) >= 11 is 0. The molecule has 172 valence electrons. The molecule has 1 aliphatic rings. The minimum atomic E-state index is -3.61. The van der Waals surface area contributed by atoms with E-state index in [9.17, 15) is 18.0 Å². The van der Waals surface area contributed by atoms with Crippen molar-refractivity contribution in [3.8, 4) is 0 Å². The lowest BCUT2D eigenvalue weighted by Crippen LogP contribution is -2.46. The second-order valence-electron chi connectivity index (χ2n) is 9.08. The van der Waals surface area contributed by atoms with Crippen LogP contribution in [0.5, 0.6) is 0 Å². The third-order valence-corrected chi connectivity index (χ3v) is 5.82. The summed E-state index contributed by atoms with van der Waals surface area (Å²) in [6.07, 6.45) is 1.94. The van der Waals surface area contributed by atoms with Crippen LogP contribution in [-0.2, 0) is 32.7 Å². The Labute approximate surface area is 181 Å². The summed E-state index contributed by atoms with van der Waals surface area (Å²) in [6.45, 7) is 7.76. The molecule has 0 aliphatic carbocycles. The zero-order valence-corrected chi connectivity index (χ0v) is 19.6. The molecule has 3 rings (SSSR count). The van der Waals surface area contributed by atoms with Crippen LogP contribution in [-0.4, -0.2) is 58.0 Å². The van der Waals surface area contributed by atoms with Crippen LogP contribution in [0.3, 0.4) is 0 Å². The molecule has 1 saturated heterocycles. The first kappa shape index (κ1) is 23.3.